The molecule has 68 valence electrons. The van der Waals surface area contributed by atoms with Gasteiger partial charge >= 0.3 is 11.9 Å². The van der Waals surface area contributed by atoms with Crippen LogP contribution in [-0.2, 0) is 19.1 Å². The van der Waals surface area contributed by atoms with Gasteiger partial charge in [-0.2, -0.15) is 0 Å². The Hall–Kier alpha value is -1.39. The van der Waals surface area contributed by atoms with Gasteiger partial charge in [0.1, 0.15) is 0 Å². The second-order valence-corrected chi connectivity index (χ2v) is 2.35. The Morgan fingerprint density at radius 2 is 1.92 bits per heavy atom. The molecule has 0 bridgehead atoms. The predicted octanol–water partition coefficient (Wildman–Crippen LogP) is -0.161. The van der Waals surface area contributed by atoms with Crippen molar-refractivity contribution in [1.29, 1.82) is 0 Å². The van der Waals surface area contributed by atoms with Crippen molar-refractivity contribution in [2.75, 3.05) is 7.11 Å². The number of esters is 1. The molecule has 0 fully saturated rings. The van der Waals surface area contributed by atoms with Crippen LogP contribution in [0.5, 0.6) is 0 Å². The molecule has 0 rings (SSSR count). The Balaban J connectivity index is 4.10. The number of methoxy groups -OCH3 is 1. The third-order valence-corrected chi connectivity index (χ3v) is 1.31. The molecular formula is C7H10O5. The normalized spacial score (nSPS) is 11.8. The molecule has 0 aromatic carbocycles. The van der Waals surface area contributed by atoms with Crippen molar-refractivity contribution in [3.63, 3.8) is 0 Å². The molecule has 0 saturated carbocycles. The summed E-state index contributed by atoms with van der Waals surface area (Å²) < 4.78 is 4.13. The molecule has 1 atom stereocenters. The summed E-state index contributed by atoms with van der Waals surface area (Å²) in [5.74, 6) is -3.74. The van der Waals surface area contributed by atoms with Crippen LogP contribution in [0.4, 0.5) is 0 Å². The molecule has 0 aromatic rings. The Bertz CT molecular complexity index is 208. The lowest BCUT2D eigenvalue weighted by atomic mass is 10.0. The van der Waals surface area contributed by atoms with Gasteiger partial charge in [-0.1, -0.05) is 6.92 Å². The number of carboxylic acids is 1. The van der Waals surface area contributed by atoms with Crippen molar-refractivity contribution in [2.45, 2.75) is 13.3 Å². The number of aliphatic carboxylic acids is 1. The molecule has 0 aromatic heterocycles. The first-order chi connectivity index (χ1) is 5.49. The average Bonchev–Trinajstić information content (AvgIpc) is 2.00. The zero-order valence-corrected chi connectivity index (χ0v) is 6.86. The zero-order valence-electron chi connectivity index (χ0n) is 6.86. The average molecular weight is 174 g/mol. The maximum absolute atomic E-state index is 10.9. The van der Waals surface area contributed by atoms with Gasteiger partial charge in [-0.15, -0.1) is 0 Å². The first kappa shape index (κ1) is 10.6. The SMILES string of the molecule is COC(=O)C(=O)C(C)CC(=O)O. The third-order valence-electron chi connectivity index (χ3n) is 1.31. The smallest absolute Gasteiger partial charge is 0.374 e. The number of Topliss-reactive ketones (excluding diaryl/α,β-unsaturated/α-hetero) is 1. The van der Waals surface area contributed by atoms with Gasteiger partial charge in [-0.05, 0) is 0 Å². The molecule has 5 nitrogen and oxygen atoms in total. The molecule has 0 radical (unpaired) electrons. The number of hydrogen-bond acceptors (Lipinski definition) is 4. The van der Waals surface area contributed by atoms with E-state index in [-0.39, 0.29) is 6.42 Å². The molecule has 0 aliphatic carbocycles. The summed E-state index contributed by atoms with van der Waals surface area (Å²) >= 11 is 0. The highest BCUT2D eigenvalue weighted by Gasteiger charge is 2.23. The van der Waals surface area contributed by atoms with Crippen LogP contribution >= 0.6 is 0 Å². The Morgan fingerprint density at radius 3 is 2.25 bits per heavy atom. The molecule has 5 heteroatoms. The number of rotatable bonds is 4. The van der Waals surface area contributed by atoms with Crippen LogP contribution in [0.25, 0.3) is 0 Å². The standard InChI is InChI=1S/C7H10O5/c1-4(3-5(8)9)6(10)7(11)12-2/h4H,3H2,1-2H3,(H,8,9). The predicted molar refractivity (Wildman–Crippen MR) is 38.4 cm³/mol. The minimum absolute atomic E-state index is 0.353. The van der Waals surface area contributed by atoms with E-state index in [1.165, 1.54) is 6.92 Å². The quantitative estimate of drug-likeness (QED) is 0.473. The summed E-state index contributed by atoms with van der Waals surface area (Å²) in [5, 5.41) is 8.28. The Kier molecular flexibility index (Phi) is 3.96. The monoisotopic (exact) mass is 174 g/mol. The van der Waals surface area contributed by atoms with E-state index in [0.29, 0.717) is 0 Å². The summed E-state index contributed by atoms with van der Waals surface area (Å²) in [6.45, 7) is 1.37. The van der Waals surface area contributed by atoms with Crippen LogP contribution in [-0.4, -0.2) is 29.9 Å². The summed E-state index contributed by atoms with van der Waals surface area (Å²) in [4.78, 5) is 31.6. The van der Waals surface area contributed by atoms with E-state index >= 15 is 0 Å². The van der Waals surface area contributed by atoms with Gasteiger partial charge in [0.2, 0.25) is 5.78 Å². The molecule has 0 saturated heterocycles. The molecule has 1 N–H and O–H groups in total. The van der Waals surface area contributed by atoms with Gasteiger partial charge in [0.05, 0.1) is 13.5 Å². The number of ether oxygens (including phenoxy) is 1. The fourth-order valence-corrected chi connectivity index (χ4v) is 0.656. The van der Waals surface area contributed by atoms with Gasteiger partial charge in [0.25, 0.3) is 0 Å². The van der Waals surface area contributed by atoms with Gasteiger partial charge in [-0.25, -0.2) is 4.79 Å². The van der Waals surface area contributed by atoms with Gasteiger partial charge in [0.15, 0.2) is 0 Å². The highest BCUT2D eigenvalue weighted by Crippen LogP contribution is 2.03. The van der Waals surface area contributed by atoms with E-state index in [0.717, 1.165) is 7.11 Å². The lowest BCUT2D eigenvalue weighted by Gasteiger charge is -2.04. The van der Waals surface area contributed by atoms with Gasteiger partial charge < -0.3 is 9.84 Å². The van der Waals surface area contributed by atoms with Crippen LogP contribution in [0.15, 0.2) is 0 Å². The van der Waals surface area contributed by atoms with Crippen molar-refractivity contribution in [3.05, 3.63) is 0 Å². The van der Waals surface area contributed by atoms with Gasteiger partial charge in [-0.3, -0.25) is 9.59 Å². The first-order valence-electron chi connectivity index (χ1n) is 3.33. The highest BCUT2D eigenvalue weighted by molar-refractivity contribution is 6.34. The van der Waals surface area contributed by atoms with Crippen LogP contribution in [0.1, 0.15) is 13.3 Å². The van der Waals surface area contributed by atoms with Crippen LogP contribution in [0, 0.1) is 5.92 Å². The van der Waals surface area contributed by atoms with Crippen LogP contribution < -0.4 is 0 Å². The number of carboxylic acid groups (broad SMARTS) is 1. The van der Waals surface area contributed by atoms with Gasteiger partial charge in [0, 0.05) is 5.92 Å². The van der Waals surface area contributed by atoms with Crippen molar-refractivity contribution in [2.24, 2.45) is 5.92 Å². The second kappa shape index (κ2) is 4.48. The number of carbonyl (C=O) groups excluding carboxylic acids is 2. The molecule has 0 amide bonds. The summed E-state index contributed by atoms with van der Waals surface area (Å²) in [7, 11) is 1.08. The van der Waals surface area contributed by atoms with E-state index in [4.69, 9.17) is 5.11 Å². The fraction of sp³-hybridized carbons (Fsp3) is 0.571. The van der Waals surface area contributed by atoms with Crippen molar-refractivity contribution >= 4 is 17.7 Å². The maximum Gasteiger partial charge on any atom is 0.374 e. The van der Waals surface area contributed by atoms with Crippen molar-refractivity contribution in [1.82, 2.24) is 0 Å². The maximum atomic E-state index is 10.9. The number of hydrogen-bond donors (Lipinski definition) is 1. The number of carbonyl (C=O) groups is 3. The zero-order chi connectivity index (χ0) is 9.72. The molecule has 1 unspecified atom stereocenters. The lowest BCUT2D eigenvalue weighted by Crippen LogP contribution is -2.24. The van der Waals surface area contributed by atoms with E-state index in [1.54, 1.807) is 0 Å². The minimum atomic E-state index is -1.11. The minimum Gasteiger partial charge on any atom is -0.481 e. The molecule has 12 heavy (non-hydrogen) atoms. The second-order valence-electron chi connectivity index (χ2n) is 2.35. The molecule has 0 aliphatic heterocycles. The topological polar surface area (TPSA) is 80.7 Å². The summed E-state index contributed by atoms with van der Waals surface area (Å²) in [6.07, 6.45) is -0.353. The fourth-order valence-electron chi connectivity index (χ4n) is 0.656. The Morgan fingerprint density at radius 1 is 1.42 bits per heavy atom. The number of ketones is 1. The highest BCUT2D eigenvalue weighted by atomic mass is 16.5. The lowest BCUT2D eigenvalue weighted by molar-refractivity contribution is -0.154. The Labute approximate surface area is 69.3 Å². The van der Waals surface area contributed by atoms with E-state index in [2.05, 4.69) is 4.74 Å². The summed E-state index contributed by atoms with van der Waals surface area (Å²) in [5.41, 5.74) is 0. The molecule has 0 heterocycles. The summed E-state index contributed by atoms with van der Waals surface area (Å²) in [6, 6.07) is 0. The third kappa shape index (κ3) is 3.14. The van der Waals surface area contributed by atoms with E-state index in [1.807, 2.05) is 0 Å². The molecule has 0 aliphatic rings. The van der Waals surface area contributed by atoms with E-state index < -0.39 is 23.6 Å². The first-order valence-corrected chi connectivity index (χ1v) is 3.33. The van der Waals surface area contributed by atoms with Crippen molar-refractivity contribution < 1.29 is 24.2 Å². The molecular weight excluding hydrogens is 164 g/mol. The van der Waals surface area contributed by atoms with Crippen molar-refractivity contribution in [3.8, 4) is 0 Å². The largest absolute Gasteiger partial charge is 0.481 e. The molecule has 0 spiro atoms. The van der Waals surface area contributed by atoms with Crippen LogP contribution in [0.3, 0.4) is 0 Å². The van der Waals surface area contributed by atoms with Crippen LogP contribution in [0.2, 0.25) is 0 Å². The van der Waals surface area contributed by atoms with E-state index in [9.17, 15) is 14.4 Å².